The monoisotopic (exact) mass is 312 g/mol. The molecule has 2 aromatic heterocycles. The van der Waals surface area contributed by atoms with E-state index in [1.54, 1.807) is 12.3 Å². The molecule has 5 heteroatoms. The summed E-state index contributed by atoms with van der Waals surface area (Å²) in [5, 5.41) is 1.43. The lowest BCUT2D eigenvalue weighted by Crippen LogP contribution is -2.22. The van der Waals surface area contributed by atoms with Crippen LogP contribution < -0.4 is 11.5 Å². The Labute approximate surface area is 134 Å². The van der Waals surface area contributed by atoms with Gasteiger partial charge in [0.2, 0.25) is 0 Å². The van der Waals surface area contributed by atoms with Crippen LogP contribution in [0, 0.1) is 0 Å². The quantitative estimate of drug-likeness (QED) is 0.706. The Bertz CT molecular complexity index is 858. The smallest absolute Gasteiger partial charge is 0.148 e. The number of hydrogen-bond acceptors (Lipinski definition) is 4. The molecular weight excluding hydrogens is 296 g/mol. The van der Waals surface area contributed by atoms with E-state index in [2.05, 4.69) is 35.9 Å². The van der Waals surface area contributed by atoms with Gasteiger partial charge in [0.1, 0.15) is 11.0 Å². The normalized spacial score (nSPS) is 11.8. The molecule has 0 saturated heterocycles. The topological polar surface area (TPSA) is 77.8 Å². The van der Waals surface area contributed by atoms with Gasteiger partial charge in [-0.1, -0.05) is 37.6 Å². The number of fused-ring (bicyclic) bond motifs is 1. The maximum absolute atomic E-state index is 6.13. The summed E-state index contributed by atoms with van der Waals surface area (Å²) in [5.74, 6) is 0.262. The third-order valence-electron chi connectivity index (χ3n) is 4.05. The summed E-state index contributed by atoms with van der Waals surface area (Å²) in [6.45, 7) is 4.18. The van der Waals surface area contributed by atoms with Crippen molar-refractivity contribution in [3.05, 3.63) is 58.9 Å². The number of rotatable bonds is 2. The van der Waals surface area contributed by atoms with Crippen molar-refractivity contribution in [2.24, 2.45) is 0 Å². The van der Waals surface area contributed by atoms with Gasteiger partial charge < -0.3 is 11.5 Å². The maximum atomic E-state index is 6.13. The van der Waals surface area contributed by atoms with Gasteiger partial charge in [0.25, 0.3) is 0 Å². The van der Waals surface area contributed by atoms with Gasteiger partial charge in [-0.3, -0.25) is 4.98 Å². The molecule has 0 saturated carbocycles. The van der Waals surface area contributed by atoms with E-state index in [-0.39, 0.29) is 11.2 Å². The van der Waals surface area contributed by atoms with Crippen LogP contribution in [0.3, 0.4) is 0 Å². The van der Waals surface area contributed by atoms with Crippen LogP contribution in [0.1, 0.15) is 25.0 Å². The minimum atomic E-state index is -0.352. The Morgan fingerprint density at radius 1 is 1.09 bits per heavy atom. The first kappa shape index (κ1) is 14.6. The van der Waals surface area contributed by atoms with Crippen LogP contribution in [0.25, 0.3) is 10.9 Å². The number of nitrogen functional groups attached to an aromatic ring is 2. The molecule has 22 heavy (non-hydrogen) atoms. The molecule has 0 amide bonds. The lowest BCUT2D eigenvalue weighted by atomic mass is 9.77. The Kier molecular flexibility index (Phi) is 3.41. The summed E-state index contributed by atoms with van der Waals surface area (Å²) < 4.78 is 0. The van der Waals surface area contributed by atoms with E-state index < -0.39 is 0 Å². The molecule has 4 nitrogen and oxygen atoms in total. The minimum Gasteiger partial charge on any atom is -0.395 e. The van der Waals surface area contributed by atoms with Crippen molar-refractivity contribution in [2.45, 2.75) is 19.3 Å². The Hall–Kier alpha value is -2.33. The van der Waals surface area contributed by atoms with E-state index in [1.807, 2.05) is 18.2 Å². The Morgan fingerprint density at radius 2 is 1.86 bits per heavy atom. The maximum Gasteiger partial charge on any atom is 0.148 e. The Balaban J connectivity index is 2.19. The van der Waals surface area contributed by atoms with Crippen LogP contribution >= 0.6 is 11.6 Å². The van der Waals surface area contributed by atoms with Gasteiger partial charge in [-0.15, -0.1) is 0 Å². The molecule has 0 atom stereocenters. The van der Waals surface area contributed by atoms with Crippen molar-refractivity contribution >= 4 is 34.0 Å². The van der Waals surface area contributed by atoms with Crippen LogP contribution in [-0.2, 0) is 5.41 Å². The molecule has 0 aliphatic carbocycles. The standard InChI is InChI=1S/C17H17ClN4/c1-17(2,12-9-14(18)22-16(20)15(12)19)11-5-6-13-10(8-11)4-3-7-21-13/h3-9H,19H2,1-2H3,(H2,20,22). The fraction of sp³-hybridized carbons (Fsp3) is 0.176. The number of halogens is 1. The van der Waals surface area contributed by atoms with E-state index >= 15 is 0 Å². The van der Waals surface area contributed by atoms with Gasteiger partial charge in [0, 0.05) is 17.0 Å². The molecule has 0 fully saturated rings. The first-order valence-corrected chi connectivity index (χ1v) is 7.34. The second kappa shape index (κ2) is 5.14. The van der Waals surface area contributed by atoms with Crippen LogP contribution in [0.5, 0.6) is 0 Å². The fourth-order valence-corrected chi connectivity index (χ4v) is 2.88. The average Bonchev–Trinajstić information content (AvgIpc) is 2.50. The summed E-state index contributed by atoms with van der Waals surface area (Å²) in [4.78, 5) is 8.35. The van der Waals surface area contributed by atoms with Gasteiger partial charge in [0.15, 0.2) is 0 Å². The molecule has 0 spiro atoms. The summed E-state index contributed by atoms with van der Waals surface area (Å²) in [6, 6.07) is 11.9. The second-order valence-corrected chi connectivity index (χ2v) is 6.21. The molecule has 1 aromatic carbocycles. The summed E-state index contributed by atoms with van der Waals surface area (Å²) >= 11 is 6.05. The van der Waals surface area contributed by atoms with Crippen LogP contribution in [-0.4, -0.2) is 9.97 Å². The molecule has 0 aliphatic heterocycles. The van der Waals surface area contributed by atoms with Gasteiger partial charge >= 0.3 is 0 Å². The van der Waals surface area contributed by atoms with Gasteiger partial charge in [-0.25, -0.2) is 4.98 Å². The zero-order chi connectivity index (χ0) is 15.9. The first-order chi connectivity index (χ1) is 10.4. The number of pyridine rings is 2. The van der Waals surface area contributed by atoms with Gasteiger partial charge in [0.05, 0.1) is 11.2 Å². The third kappa shape index (κ3) is 2.35. The Morgan fingerprint density at radius 3 is 2.64 bits per heavy atom. The second-order valence-electron chi connectivity index (χ2n) is 5.83. The minimum absolute atomic E-state index is 0.262. The highest BCUT2D eigenvalue weighted by molar-refractivity contribution is 6.29. The van der Waals surface area contributed by atoms with Crippen molar-refractivity contribution in [1.29, 1.82) is 0 Å². The van der Waals surface area contributed by atoms with E-state index in [0.717, 1.165) is 22.0 Å². The predicted octanol–water partition coefficient (Wildman–Crippen LogP) is 3.77. The largest absolute Gasteiger partial charge is 0.395 e. The zero-order valence-electron chi connectivity index (χ0n) is 12.5. The van der Waals surface area contributed by atoms with E-state index in [4.69, 9.17) is 23.1 Å². The number of anilines is 2. The van der Waals surface area contributed by atoms with E-state index in [1.165, 1.54) is 0 Å². The van der Waals surface area contributed by atoms with Crippen molar-refractivity contribution in [2.75, 3.05) is 11.5 Å². The number of benzene rings is 1. The van der Waals surface area contributed by atoms with Gasteiger partial charge in [-0.2, -0.15) is 0 Å². The molecule has 3 aromatic rings. The first-order valence-electron chi connectivity index (χ1n) is 6.97. The molecular formula is C17H17ClN4. The predicted molar refractivity (Wildman–Crippen MR) is 91.9 cm³/mol. The number of nitrogens with two attached hydrogens (primary N) is 2. The summed E-state index contributed by atoms with van der Waals surface area (Å²) in [7, 11) is 0. The molecule has 2 heterocycles. The van der Waals surface area contributed by atoms with E-state index in [9.17, 15) is 0 Å². The lowest BCUT2D eigenvalue weighted by molar-refractivity contribution is 0.643. The highest BCUT2D eigenvalue weighted by Crippen LogP contribution is 2.38. The number of hydrogen-bond donors (Lipinski definition) is 2. The van der Waals surface area contributed by atoms with Crippen LogP contribution in [0.4, 0.5) is 11.5 Å². The fourth-order valence-electron chi connectivity index (χ4n) is 2.68. The molecule has 0 unspecified atom stereocenters. The van der Waals surface area contributed by atoms with Crippen molar-refractivity contribution in [3.63, 3.8) is 0 Å². The highest BCUT2D eigenvalue weighted by atomic mass is 35.5. The summed E-state index contributed by atoms with van der Waals surface area (Å²) in [6.07, 6.45) is 1.79. The SMILES string of the molecule is CC(C)(c1ccc2ncccc2c1)c1cc(Cl)nc(N)c1N. The average molecular weight is 313 g/mol. The third-order valence-corrected chi connectivity index (χ3v) is 4.25. The molecule has 4 N–H and O–H groups in total. The summed E-state index contributed by atoms with van der Waals surface area (Å²) in [5.41, 5.74) is 15.0. The number of aromatic nitrogens is 2. The number of nitrogens with zero attached hydrogens (tertiary/aromatic N) is 2. The zero-order valence-corrected chi connectivity index (χ0v) is 13.2. The molecule has 3 rings (SSSR count). The molecule has 0 aliphatic rings. The van der Waals surface area contributed by atoms with E-state index in [0.29, 0.717) is 10.8 Å². The van der Waals surface area contributed by atoms with Crippen molar-refractivity contribution in [3.8, 4) is 0 Å². The van der Waals surface area contributed by atoms with Crippen molar-refractivity contribution in [1.82, 2.24) is 9.97 Å². The molecule has 0 radical (unpaired) electrons. The molecule has 0 bridgehead atoms. The van der Waals surface area contributed by atoms with Crippen molar-refractivity contribution < 1.29 is 0 Å². The van der Waals surface area contributed by atoms with Crippen LogP contribution in [0.2, 0.25) is 5.15 Å². The molecule has 112 valence electrons. The van der Waals surface area contributed by atoms with Crippen LogP contribution in [0.15, 0.2) is 42.6 Å². The lowest BCUT2D eigenvalue weighted by Gasteiger charge is -2.28. The highest BCUT2D eigenvalue weighted by Gasteiger charge is 2.27. The van der Waals surface area contributed by atoms with Gasteiger partial charge in [-0.05, 0) is 35.4 Å².